The van der Waals surface area contributed by atoms with Crippen molar-refractivity contribution in [2.24, 2.45) is 0 Å². The van der Waals surface area contributed by atoms with Crippen LogP contribution in [0.15, 0.2) is 64.7 Å². The molecule has 1 aliphatic heterocycles. The van der Waals surface area contributed by atoms with Crippen molar-refractivity contribution in [2.45, 2.75) is 24.8 Å². The fraction of sp³-hybridized carbons (Fsp3) is 0.211. The van der Waals surface area contributed by atoms with Gasteiger partial charge in [-0.25, -0.2) is 4.68 Å². The summed E-state index contributed by atoms with van der Waals surface area (Å²) >= 11 is 0. The monoisotopic (exact) mass is 348 g/mol. The molecule has 7 nitrogen and oxygen atoms in total. The Balaban J connectivity index is 1.63. The van der Waals surface area contributed by atoms with Gasteiger partial charge in [-0.1, -0.05) is 12.1 Å². The van der Waals surface area contributed by atoms with Gasteiger partial charge in [0.05, 0.1) is 6.26 Å². The molecule has 0 amide bonds. The van der Waals surface area contributed by atoms with Gasteiger partial charge < -0.3 is 14.8 Å². The lowest BCUT2D eigenvalue weighted by Gasteiger charge is -2.34. The van der Waals surface area contributed by atoms with Crippen molar-refractivity contribution in [2.75, 3.05) is 5.32 Å². The highest BCUT2D eigenvalue weighted by Gasteiger charge is 2.39. The summed E-state index contributed by atoms with van der Waals surface area (Å²) in [6.45, 7) is 0. The SMILES string of the molecule is O=C1C[C@@H](c2ccco2)CC2=C1[C@@H](c1cccc(O)c1)n1ncnc1N2. The number of aromatic nitrogens is 3. The average molecular weight is 348 g/mol. The third-order valence-corrected chi connectivity index (χ3v) is 4.99. The number of benzene rings is 1. The number of rotatable bonds is 2. The molecular weight excluding hydrogens is 332 g/mol. The molecule has 26 heavy (non-hydrogen) atoms. The van der Waals surface area contributed by atoms with Crippen molar-refractivity contribution in [1.29, 1.82) is 0 Å². The Morgan fingerprint density at radius 3 is 2.96 bits per heavy atom. The highest BCUT2D eigenvalue weighted by molar-refractivity contribution is 6.00. The van der Waals surface area contributed by atoms with Crippen molar-refractivity contribution in [3.05, 3.63) is 71.6 Å². The Morgan fingerprint density at radius 2 is 2.15 bits per heavy atom. The van der Waals surface area contributed by atoms with Crippen LogP contribution in [0.25, 0.3) is 0 Å². The fourth-order valence-corrected chi connectivity index (χ4v) is 3.88. The summed E-state index contributed by atoms with van der Waals surface area (Å²) in [5, 5.41) is 17.5. The van der Waals surface area contributed by atoms with Crippen LogP contribution in [0.1, 0.15) is 36.1 Å². The molecule has 2 N–H and O–H groups in total. The van der Waals surface area contributed by atoms with E-state index in [0.29, 0.717) is 24.4 Å². The van der Waals surface area contributed by atoms with Gasteiger partial charge in [0.2, 0.25) is 5.95 Å². The first kappa shape index (κ1) is 14.9. The van der Waals surface area contributed by atoms with Crippen LogP contribution in [-0.4, -0.2) is 25.7 Å². The number of aromatic hydroxyl groups is 1. The summed E-state index contributed by atoms with van der Waals surface area (Å²) in [6, 6.07) is 10.3. The quantitative estimate of drug-likeness (QED) is 0.739. The zero-order chi connectivity index (χ0) is 17.7. The van der Waals surface area contributed by atoms with Gasteiger partial charge in [-0.3, -0.25) is 4.79 Å². The van der Waals surface area contributed by atoms with E-state index in [1.165, 1.54) is 6.33 Å². The van der Waals surface area contributed by atoms with E-state index < -0.39 is 6.04 Å². The number of nitrogens with zero attached hydrogens (tertiary/aromatic N) is 3. The highest BCUT2D eigenvalue weighted by Crippen LogP contribution is 2.44. The minimum atomic E-state index is -0.402. The van der Waals surface area contributed by atoms with E-state index in [9.17, 15) is 9.90 Å². The molecule has 2 aliphatic rings. The maximum absolute atomic E-state index is 13.1. The van der Waals surface area contributed by atoms with Crippen molar-refractivity contribution < 1.29 is 14.3 Å². The lowest BCUT2D eigenvalue weighted by molar-refractivity contribution is -0.117. The number of allylic oxidation sites excluding steroid dienone is 2. The number of phenolic OH excluding ortho intramolecular Hbond substituents is 1. The van der Waals surface area contributed by atoms with Gasteiger partial charge in [0.15, 0.2) is 5.78 Å². The molecular formula is C19H16N4O3. The lowest BCUT2D eigenvalue weighted by atomic mass is 9.79. The second-order valence-corrected chi connectivity index (χ2v) is 6.59. The van der Waals surface area contributed by atoms with Gasteiger partial charge in [-0.05, 0) is 36.2 Å². The summed E-state index contributed by atoms with van der Waals surface area (Å²) in [5.74, 6) is 1.61. The van der Waals surface area contributed by atoms with Gasteiger partial charge >= 0.3 is 0 Å². The van der Waals surface area contributed by atoms with E-state index in [1.54, 1.807) is 29.1 Å². The van der Waals surface area contributed by atoms with E-state index in [0.717, 1.165) is 17.0 Å². The molecule has 1 aromatic carbocycles. The first-order valence-electron chi connectivity index (χ1n) is 8.46. The van der Waals surface area contributed by atoms with Gasteiger partial charge in [0.1, 0.15) is 23.9 Å². The van der Waals surface area contributed by atoms with E-state index >= 15 is 0 Å². The van der Waals surface area contributed by atoms with Crippen LogP contribution in [0.3, 0.4) is 0 Å². The molecule has 0 radical (unpaired) electrons. The number of anilines is 1. The zero-order valence-electron chi connectivity index (χ0n) is 13.8. The predicted molar refractivity (Wildman–Crippen MR) is 92.6 cm³/mol. The second kappa shape index (κ2) is 5.59. The molecule has 2 aromatic heterocycles. The van der Waals surface area contributed by atoms with E-state index in [1.807, 2.05) is 18.2 Å². The van der Waals surface area contributed by atoms with Crippen molar-refractivity contribution >= 4 is 11.7 Å². The molecule has 130 valence electrons. The van der Waals surface area contributed by atoms with E-state index in [-0.39, 0.29) is 17.5 Å². The number of phenols is 1. The molecule has 0 saturated heterocycles. The molecule has 0 saturated carbocycles. The molecule has 0 fully saturated rings. The third-order valence-electron chi connectivity index (χ3n) is 4.99. The first-order chi connectivity index (χ1) is 12.7. The van der Waals surface area contributed by atoms with Crippen molar-refractivity contribution in [3.8, 4) is 5.75 Å². The highest BCUT2D eigenvalue weighted by atomic mass is 16.3. The number of furan rings is 1. The molecule has 3 heterocycles. The summed E-state index contributed by atoms with van der Waals surface area (Å²) in [7, 11) is 0. The van der Waals surface area contributed by atoms with Crippen LogP contribution in [-0.2, 0) is 4.79 Å². The lowest BCUT2D eigenvalue weighted by Crippen LogP contribution is -2.33. The summed E-state index contributed by atoms with van der Waals surface area (Å²) in [4.78, 5) is 17.3. The number of Topliss-reactive ketones (excluding diaryl/α,β-unsaturated/α-hetero) is 1. The Hall–Kier alpha value is -3.35. The molecule has 1 aliphatic carbocycles. The summed E-state index contributed by atoms with van der Waals surface area (Å²) in [5.41, 5.74) is 2.32. The second-order valence-electron chi connectivity index (χ2n) is 6.59. The maximum Gasteiger partial charge on any atom is 0.226 e. The number of hydrogen-bond acceptors (Lipinski definition) is 6. The van der Waals surface area contributed by atoms with Gasteiger partial charge in [-0.15, -0.1) is 0 Å². The average Bonchev–Trinajstić information content (AvgIpc) is 3.31. The minimum Gasteiger partial charge on any atom is -0.508 e. The molecule has 0 spiro atoms. The van der Waals surface area contributed by atoms with Crippen LogP contribution < -0.4 is 5.32 Å². The van der Waals surface area contributed by atoms with Crippen LogP contribution in [0.5, 0.6) is 5.75 Å². The smallest absolute Gasteiger partial charge is 0.226 e. The van der Waals surface area contributed by atoms with Gasteiger partial charge in [0.25, 0.3) is 0 Å². The van der Waals surface area contributed by atoms with E-state index in [2.05, 4.69) is 15.4 Å². The maximum atomic E-state index is 13.1. The number of fused-ring (bicyclic) bond motifs is 1. The van der Waals surface area contributed by atoms with Crippen LogP contribution >= 0.6 is 0 Å². The normalized spacial score (nSPS) is 21.9. The van der Waals surface area contributed by atoms with Crippen LogP contribution in [0.4, 0.5) is 5.95 Å². The number of carbonyl (C=O) groups is 1. The van der Waals surface area contributed by atoms with Gasteiger partial charge in [-0.2, -0.15) is 10.1 Å². The molecule has 0 bridgehead atoms. The molecule has 5 rings (SSSR count). The number of nitrogens with one attached hydrogen (secondary N) is 1. The molecule has 0 unspecified atom stereocenters. The molecule has 2 atom stereocenters. The fourth-order valence-electron chi connectivity index (χ4n) is 3.88. The summed E-state index contributed by atoms with van der Waals surface area (Å²) in [6.07, 6.45) is 4.14. The van der Waals surface area contributed by atoms with Crippen LogP contribution in [0.2, 0.25) is 0 Å². The Labute approximate surface area is 149 Å². The standard InChI is InChI=1S/C19H16N4O3/c24-13-4-1-3-11(7-13)18-17-14(22-19-20-10-21-23(18)19)8-12(9-15(17)25)16-5-2-6-26-16/h1-7,10,12,18,24H,8-9H2,(H,20,21,22)/t12-,18+/m0/s1. The van der Waals surface area contributed by atoms with E-state index in [4.69, 9.17) is 4.42 Å². The third kappa shape index (κ3) is 2.24. The Morgan fingerprint density at radius 1 is 1.23 bits per heavy atom. The number of ketones is 1. The predicted octanol–water partition coefficient (Wildman–Crippen LogP) is 2.99. The largest absolute Gasteiger partial charge is 0.508 e. The minimum absolute atomic E-state index is 0.00282. The zero-order valence-corrected chi connectivity index (χ0v) is 13.8. The van der Waals surface area contributed by atoms with Crippen molar-refractivity contribution in [1.82, 2.24) is 14.8 Å². The Kier molecular flexibility index (Phi) is 3.21. The van der Waals surface area contributed by atoms with Crippen molar-refractivity contribution in [3.63, 3.8) is 0 Å². The molecule has 3 aromatic rings. The van der Waals surface area contributed by atoms with Crippen LogP contribution in [0, 0.1) is 0 Å². The topological polar surface area (TPSA) is 93.2 Å². The number of hydrogen-bond donors (Lipinski definition) is 2. The first-order valence-corrected chi connectivity index (χ1v) is 8.46. The molecule has 7 heteroatoms. The Bertz CT molecular complexity index is 1020. The number of carbonyl (C=O) groups excluding carboxylic acids is 1. The summed E-state index contributed by atoms with van der Waals surface area (Å²) < 4.78 is 7.21. The van der Waals surface area contributed by atoms with Gasteiger partial charge in [0, 0.05) is 23.6 Å².